The number of anilines is 2. The molecule has 0 fully saturated rings. The number of carbonyl (C=O) groups is 2. The monoisotopic (exact) mass is 451 g/mol. The van der Waals surface area contributed by atoms with Crippen LogP contribution in [-0.2, 0) is 20.7 Å². The molecule has 1 unspecified atom stereocenters. The molecule has 1 aromatic heterocycles. The van der Waals surface area contributed by atoms with E-state index in [1.807, 2.05) is 54.8 Å². The number of fused-ring (bicyclic) bond motifs is 1. The summed E-state index contributed by atoms with van der Waals surface area (Å²) in [5, 5.41) is 5.90. The Balaban J connectivity index is 1.61. The van der Waals surface area contributed by atoms with Crippen molar-refractivity contribution < 1.29 is 19.1 Å². The van der Waals surface area contributed by atoms with Gasteiger partial charge < -0.3 is 14.8 Å². The third-order valence-corrected chi connectivity index (χ3v) is 6.28. The van der Waals surface area contributed by atoms with Crippen LogP contribution < -0.4 is 15.0 Å². The van der Waals surface area contributed by atoms with Crippen molar-refractivity contribution in [3.8, 4) is 17.0 Å². The van der Waals surface area contributed by atoms with Gasteiger partial charge in [-0.05, 0) is 43.7 Å². The Hall–Kier alpha value is -3.23. The topological polar surface area (TPSA) is 80.8 Å². The fourth-order valence-electron chi connectivity index (χ4n) is 3.57. The van der Waals surface area contributed by atoms with Gasteiger partial charge in [-0.2, -0.15) is 0 Å². The first-order chi connectivity index (χ1) is 15.5. The van der Waals surface area contributed by atoms with E-state index in [1.165, 1.54) is 4.90 Å². The van der Waals surface area contributed by atoms with Crippen molar-refractivity contribution in [2.75, 3.05) is 30.5 Å². The summed E-state index contributed by atoms with van der Waals surface area (Å²) in [4.78, 5) is 32.0. The molecule has 1 atom stereocenters. The van der Waals surface area contributed by atoms with Gasteiger partial charge in [0.15, 0.2) is 6.61 Å². The standard InChI is InChI=1S/C24H25N3O4S/c1-15-6-4-5-7-18(15)26-24(29)16(2)27-20-12-17(8-9-21(20)31-13-23(27)28)19-14-32-22(25-19)10-11-30-3/h4-9,12,14,16H,10-11,13H2,1-3H3,(H,26,29). The summed E-state index contributed by atoms with van der Waals surface area (Å²) in [5.74, 6) is 0.0429. The normalized spacial score (nSPS) is 14.0. The van der Waals surface area contributed by atoms with Crippen LogP contribution in [0.4, 0.5) is 11.4 Å². The van der Waals surface area contributed by atoms with Gasteiger partial charge in [0, 0.05) is 30.2 Å². The molecule has 2 aromatic carbocycles. The number of benzene rings is 2. The molecular weight excluding hydrogens is 426 g/mol. The lowest BCUT2D eigenvalue weighted by molar-refractivity contribution is -0.125. The molecule has 166 valence electrons. The van der Waals surface area contributed by atoms with E-state index in [0.717, 1.165) is 33.9 Å². The van der Waals surface area contributed by atoms with Crippen molar-refractivity contribution in [1.82, 2.24) is 4.98 Å². The summed E-state index contributed by atoms with van der Waals surface area (Å²) in [7, 11) is 1.67. The number of hydrogen-bond acceptors (Lipinski definition) is 6. The number of hydrogen-bond donors (Lipinski definition) is 1. The number of methoxy groups -OCH3 is 1. The molecule has 1 aliphatic heterocycles. The Kier molecular flexibility index (Phi) is 6.53. The molecule has 0 saturated heterocycles. The highest BCUT2D eigenvalue weighted by Crippen LogP contribution is 2.37. The molecule has 4 rings (SSSR count). The molecule has 8 heteroatoms. The molecule has 32 heavy (non-hydrogen) atoms. The third-order valence-electron chi connectivity index (χ3n) is 5.38. The maximum Gasteiger partial charge on any atom is 0.265 e. The highest BCUT2D eigenvalue weighted by Gasteiger charge is 2.33. The van der Waals surface area contributed by atoms with Crippen molar-refractivity contribution >= 4 is 34.5 Å². The van der Waals surface area contributed by atoms with E-state index in [4.69, 9.17) is 9.47 Å². The van der Waals surface area contributed by atoms with Crippen LogP contribution in [0.5, 0.6) is 5.75 Å². The molecule has 3 aromatic rings. The minimum absolute atomic E-state index is 0.105. The second kappa shape index (κ2) is 9.50. The van der Waals surface area contributed by atoms with Gasteiger partial charge in [0.25, 0.3) is 5.91 Å². The largest absolute Gasteiger partial charge is 0.482 e. The van der Waals surface area contributed by atoms with E-state index < -0.39 is 6.04 Å². The van der Waals surface area contributed by atoms with Gasteiger partial charge in [-0.3, -0.25) is 14.5 Å². The minimum Gasteiger partial charge on any atom is -0.482 e. The number of aryl methyl sites for hydroxylation is 1. The molecule has 0 spiro atoms. The van der Waals surface area contributed by atoms with Gasteiger partial charge in [-0.1, -0.05) is 18.2 Å². The Labute approximate surface area is 191 Å². The predicted octanol–water partition coefficient (Wildman–Crippen LogP) is 4.06. The van der Waals surface area contributed by atoms with Crippen molar-refractivity contribution in [2.24, 2.45) is 0 Å². The van der Waals surface area contributed by atoms with Crippen LogP contribution in [0.2, 0.25) is 0 Å². The van der Waals surface area contributed by atoms with E-state index in [0.29, 0.717) is 18.0 Å². The number of nitrogens with zero attached hydrogens (tertiary/aromatic N) is 2. The van der Waals surface area contributed by atoms with Crippen LogP contribution in [0.1, 0.15) is 17.5 Å². The highest BCUT2D eigenvalue weighted by atomic mass is 32.1. The fraction of sp³-hybridized carbons (Fsp3) is 0.292. The molecule has 1 aliphatic rings. The first-order valence-electron chi connectivity index (χ1n) is 10.4. The maximum absolute atomic E-state index is 13.0. The molecule has 0 radical (unpaired) electrons. The number of carbonyl (C=O) groups excluding carboxylic acids is 2. The number of thiazole rings is 1. The van der Waals surface area contributed by atoms with Crippen LogP contribution in [0.15, 0.2) is 47.8 Å². The van der Waals surface area contributed by atoms with Crippen LogP contribution in [0.25, 0.3) is 11.3 Å². The number of ether oxygens (including phenoxy) is 2. The Morgan fingerprint density at radius 1 is 1.31 bits per heavy atom. The van der Waals surface area contributed by atoms with Crippen molar-refractivity contribution in [1.29, 1.82) is 0 Å². The van der Waals surface area contributed by atoms with Crippen LogP contribution in [0, 0.1) is 6.92 Å². The lowest BCUT2D eigenvalue weighted by Crippen LogP contribution is -2.49. The number of aromatic nitrogens is 1. The van der Waals surface area contributed by atoms with Gasteiger partial charge in [0.05, 0.1) is 23.0 Å². The summed E-state index contributed by atoms with van der Waals surface area (Å²) in [6.07, 6.45) is 0.746. The summed E-state index contributed by atoms with van der Waals surface area (Å²) in [6.45, 7) is 4.16. The van der Waals surface area contributed by atoms with Gasteiger partial charge in [-0.15, -0.1) is 11.3 Å². The highest BCUT2D eigenvalue weighted by molar-refractivity contribution is 7.09. The first-order valence-corrected chi connectivity index (χ1v) is 11.2. The van der Waals surface area contributed by atoms with Gasteiger partial charge >= 0.3 is 0 Å². The zero-order chi connectivity index (χ0) is 22.7. The molecule has 1 N–H and O–H groups in total. The number of amides is 2. The maximum atomic E-state index is 13.0. The zero-order valence-corrected chi connectivity index (χ0v) is 19.1. The number of para-hydroxylation sites is 1. The summed E-state index contributed by atoms with van der Waals surface area (Å²) in [6, 6.07) is 12.4. The van der Waals surface area contributed by atoms with Gasteiger partial charge in [0.2, 0.25) is 5.91 Å². The predicted molar refractivity (Wildman–Crippen MR) is 125 cm³/mol. The van der Waals surface area contributed by atoms with Crippen molar-refractivity contribution in [3.05, 3.63) is 58.4 Å². The molecular formula is C24H25N3O4S. The van der Waals surface area contributed by atoms with E-state index in [2.05, 4.69) is 10.3 Å². The van der Waals surface area contributed by atoms with Crippen molar-refractivity contribution in [2.45, 2.75) is 26.3 Å². The molecule has 2 heterocycles. The van der Waals surface area contributed by atoms with E-state index >= 15 is 0 Å². The lowest BCUT2D eigenvalue weighted by atomic mass is 10.1. The lowest BCUT2D eigenvalue weighted by Gasteiger charge is -2.33. The van der Waals surface area contributed by atoms with E-state index in [1.54, 1.807) is 25.4 Å². The van der Waals surface area contributed by atoms with E-state index in [9.17, 15) is 9.59 Å². The smallest absolute Gasteiger partial charge is 0.265 e. The molecule has 0 bridgehead atoms. The SMILES string of the molecule is COCCc1nc(-c2ccc3c(c2)N(C(C)C(=O)Nc2ccccc2C)C(=O)CO3)cs1. The number of nitrogens with one attached hydrogen (secondary N) is 1. The Morgan fingerprint density at radius 3 is 2.91 bits per heavy atom. The minimum atomic E-state index is -0.715. The molecule has 0 aliphatic carbocycles. The second-order valence-corrected chi connectivity index (χ2v) is 8.53. The number of rotatable bonds is 7. The van der Waals surface area contributed by atoms with Crippen LogP contribution in [-0.4, -0.2) is 43.2 Å². The van der Waals surface area contributed by atoms with Crippen molar-refractivity contribution in [3.63, 3.8) is 0 Å². The molecule has 7 nitrogen and oxygen atoms in total. The quantitative estimate of drug-likeness (QED) is 0.586. The zero-order valence-electron chi connectivity index (χ0n) is 18.3. The van der Waals surface area contributed by atoms with E-state index in [-0.39, 0.29) is 18.4 Å². The summed E-state index contributed by atoms with van der Waals surface area (Å²) >= 11 is 1.57. The second-order valence-electron chi connectivity index (χ2n) is 7.58. The molecule has 0 saturated carbocycles. The average molecular weight is 452 g/mol. The summed E-state index contributed by atoms with van der Waals surface area (Å²) < 4.78 is 10.8. The first kappa shape index (κ1) is 22.0. The Morgan fingerprint density at radius 2 is 2.12 bits per heavy atom. The summed E-state index contributed by atoms with van der Waals surface area (Å²) in [5.41, 5.74) is 3.93. The molecule has 2 amide bonds. The van der Waals surface area contributed by atoms with Crippen LogP contribution >= 0.6 is 11.3 Å². The van der Waals surface area contributed by atoms with Gasteiger partial charge in [0.1, 0.15) is 11.8 Å². The average Bonchev–Trinajstić information content (AvgIpc) is 3.27. The van der Waals surface area contributed by atoms with Gasteiger partial charge in [-0.25, -0.2) is 4.98 Å². The third kappa shape index (κ3) is 4.51. The van der Waals surface area contributed by atoms with Crippen LogP contribution in [0.3, 0.4) is 0 Å². The fourth-order valence-corrected chi connectivity index (χ4v) is 4.36. The Bertz CT molecular complexity index is 1140.